The van der Waals surface area contributed by atoms with E-state index in [1.54, 1.807) is 0 Å². The van der Waals surface area contributed by atoms with Crippen LogP contribution < -0.4 is 25.7 Å². The van der Waals surface area contributed by atoms with E-state index in [0.29, 0.717) is 0 Å². The monoisotopic (exact) mass is 562 g/mol. The summed E-state index contributed by atoms with van der Waals surface area (Å²) in [7, 11) is -3.26. The van der Waals surface area contributed by atoms with Gasteiger partial charge in [0.1, 0.15) is 0 Å². The number of aryl methyl sites for hydroxylation is 2. The van der Waals surface area contributed by atoms with Crippen molar-refractivity contribution < 1.29 is 4.57 Å². The molecule has 0 N–H and O–H groups in total. The van der Waals surface area contributed by atoms with E-state index < -0.39 is 7.14 Å². The molecule has 0 amide bonds. The molecule has 0 spiro atoms. The van der Waals surface area contributed by atoms with Crippen LogP contribution in [-0.2, 0) is 4.57 Å². The summed E-state index contributed by atoms with van der Waals surface area (Å²) in [5.74, 6) is 0. The van der Waals surface area contributed by atoms with Crippen molar-refractivity contribution in [3.63, 3.8) is 0 Å². The zero-order valence-electron chi connectivity index (χ0n) is 23.7. The third kappa shape index (κ3) is 4.34. The zero-order valence-corrected chi connectivity index (χ0v) is 24.6. The predicted molar refractivity (Wildman–Crippen MR) is 178 cm³/mol. The molecule has 0 bridgehead atoms. The Hall–Kier alpha value is -4.85. The predicted octanol–water partition coefficient (Wildman–Crippen LogP) is 9.20. The molecule has 1 aliphatic heterocycles. The van der Waals surface area contributed by atoms with Crippen molar-refractivity contribution in [2.75, 3.05) is 9.80 Å². The van der Waals surface area contributed by atoms with Gasteiger partial charge in [-0.15, -0.1) is 0 Å². The van der Waals surface area contributed by atoms with Crippen molar-refractivity contribution in [3.05, 3.63) is 163 Å². The van der Waals surface area contributed by atoms with Crippen LogP contribution in [0.15, 0.2) is 152 Å². The average molecular weight is 563 g/mol. The van der Waals surface area contributed by atoms with Gasteiger partial charge in [0.25, 0.3) is 0 Å². The fraction of sp³-hybridized carbons (Fsp3) is 0.0526. The summed E-state index contributed by atoms with van der Waals surface area (Å²) < 4.78 is 15.9. The van der Waals surface area contributed by atoms with Gasteiger partial charge < -0.3 is 14.4 Å². The molecule has 7 rings (SSSR count). The maximum atomic E-state index is 15.9. The fourth-order valence-electron chi connectivity index (χ4n) is 5.92. The number of nitrogens with zero attached hydrogens (tertiary/aromatic N) is 2. The number of fused-ring (bicyclic) bond motifs is 2. The van der Waals surface area contributed by atoms with Crippen LogP contribution in [0.5, 0.6) is 0 Å². The maximum Gasteiger partial charge on any atom is 0.175 e. The van der Waals surface area contributed by atoms with E-state index in [1.165, 1.54) is 5.56 Å². The Labute approximate surface area is 247 Å². The molecule has 204 valence electrons. The number of para-hydroxylation sites is 2. The highest BCUT2D eigenvalue weighted by molar-refractivity contribution is 7.86. The first-order valence-corrected chi connectivity index (χ1v) is 15.9. The first-order chi connectivity index (χ1) is 20.5. The standard InChI is InChI=1S/C38H31N2OP/c1-28-18-21-32(22-19-28)40-35-24-20-29(2)26-37(35)42(41,34-16-10-5-11-17-34)38-27-33(23-25-36(38)40)39(30-12-6-3-7-13-30)31-14-8-4-9-15-31/h3-27H,1-2H3. The highest BCUT2D eigenvalue weighted by Gasteiger charge is 2.41. The molecule has 0 radical (unpaired) electrons. The van der Waals surface area contributed by atoms with Crippen molar-refractivity contribution >= 4 is 57.2 Å². The molecule has 1 atom stereocenters. The van der Waals surface area contributed by atoms with Gasteiger partial charge in [-0.1, -0.05) is 96.1 Å². The summed E-state index contributed by atoms with van der Waals surface area (Å²) in [6.07, 6.45) is 0. The molecule has 0 aromatic heterocycles. The molecule has 1 heterocycles. The molecular weight excluding hydrogens is 531 g/mol. The molecule has 6 aromatic carbocycles. The summed E-state index contributed by atoms with van der Waals surface area (Å²) in [4.78, 5) is 4.50. The summed E-state index contributed by atoms with van der Waals surface area (Å²) in [5.41, 5.74) is 8.27. The van der Waals surface area contributed by atoms with E-state index in [4.69, 9.17) is 0 Å². The van der Waals surface area contributed by atoms with Gasteiger partial charge in [0.2, 0.25) is 0 Å². The topological polar surface area (TPSA) is 23.6 Å². The Morgan fingerprint density at radius 2 is 1.00 bits per heavy atom. The molecule has 6 aromatic rings. The van der Waals surface area contributed by atoms with Gasteiger partial charge in [0.05, 0.1) is 11.4 Å². The minimum Gasteiger partial charge on any atom is -0.310 e. The first-order valence-electron chi connectivity index (χ1n) is 14.2. The van der Waals surface area contributed by atoms with Crippen molar-refractivity contribution in [2.24, 2.45) is 0 Å². The maximum absolute atomic E-state index is 15.9. The van der Waals surface area contributed by atoms with E-state index in [9.17, 15) is 0 Å². The van der Waals surface area contributed by atoms with E-state index in [1.807, 2.05) is 42.5 Å². The van der Waals surface area contributed by atoms with Crippen LogP contribution in [0.1, 0.15) is 11.1 Å². The van der Waals surface area contributed by atoms with Gasteiger partial charge >= 0.3 is 0 Å². The van der Waals surface area contributed by atoms with Gasteiger partial charge in [-0.2, -0.15) is 0 Å². The van der Waals surface area contributed by atoms with Gasteiger partial charge in [0.15, 0.2) is 7.14 Å². The second kappa shape index (κ2) is 10.5. The third-order valence-electron chi connectivity index (χ3n) is 7.95. The van der Waals surface area contributed by atoms with Crippen LogP contribution in [0.2, 0.25) is 0 Å². The van der Waals surface area contributed by atoms with Crippen molar-refractivity contribution in [3.8, 4) is 0 Å². The quantitative estimate of drug-likeness (QED) is 0.195. The molecule has 4 heteroatoms. The average Bonchev–Trinajstić information content (AvgIpc) is 3.04. The van der Waals surface area contributed by atoms with Gasteiger partial charge in [0, 0.05) is 38.7 Å². The Bertz CT molecular complexity index is 1880. The van der Waals surface area contributed by atoms with Gasteiger partial charge in [-0.25, -0.2) is 0 Å². The second-order valence-corrected chi connectivity index (χ2v) is 13.5. The molecule has 0 saturated heterocycles. The zero-order chi connectivity index (χ0) is 28.7. The third-order valence-corrected chi connectivity index (χ3v) is 11.0. The van der Waals surface area contributed by atoms with Crippen LogP contribution in [0.4, 0.5) is 34.1 Å². The van der Waals surface area contributed by atoms with E-state index in [0.717, 1.165) is 55.6 Å². The molecule has 0 saturated carbocycles. The Morgan fingerprint density at radius 3 is 1.60 bits per heavy atom. The Kier molecular flexibility index (Phi) is 6.53. The van der Waals surface area contributed by atoms with E-state index in [2.05, 4.69) is 133 Å². The Balaban J connectivity index is 1.54. The molecule has 3 nitrogen and oxygen atoms in total. The lowest BCUT2D eigenvalue weighted by Gasteiger charge is -2.39. The van der Waals surface area contributed by atoms with Crippen LogP contribution >= 0.6 is 7.14 Å². The summed E-state index contributed by atoms with van der Waals surface area (Å²) in [6, 6.07) is 52.0. The van der Waals surface area contributed by atoms with Gasteiger partial charge in [-0.3, -0.25) is 0 Å². The summed E-state index contributed by atoms with van der Waals surface area (Å²) in [5, 5.41) is 2.54. The number of anilines is 6. The second-order valence-electron chi connectivity index (χ2n) is 10.8. The van der Waals surface area contributed by atoms with Crippen LogP contribution in [-0.4, -0.2) is 0 Å². The highest BCUT2D eigenvalue weighted by atomic mass is 31.2. The Morgan fingerprint density at radius 1 is 0.500 bits per heavy atom. The van der Waals surface area contributed by atoms with E-state index >= 15 is 4.57 Å². The number of rotatable bonds is 5. The van der Waals surface area contributed by atoms with Crippen molar-refractivity contribution in [2.45, 2.75) is 13.8 Å². The largest absolute Gasteiger partial charge is 0.310 e. The van der Waals surface area contributed by atoms with Crippen molar-refractivity contribution in [1.29, 1.82) is 0 Å². The van der Waals surface area contributed by atoms with E-state index in [-0.39, 0.29) is 0 Å². The lowest BCUT2D eigenvalue weighted by molar-refractivity contribution is 0.592. The molecule has 1 aliphatic rings. The van der Waals surface area contributed by atoms with Crippen LogP contribution in [0.3, 0.4) is 0 Å². The minimum absolute atomic E-state index is 0.835. The van der Waals surface area contributed by atoms with Crippen molar-refractivity contribution in [1.82, 2.24) is 0 Å². The first kappa shape index (κ1) is 26.1. The lowest BCUT2D eigenvalue weighted by Crippen LogP contribution is -2.37. The fourth-order valence-corrected chi connectivity index (χ4v) is 9.02. The normalized spacial score (nSPS) is 15.5. The minimum atomic E-state index is -3.26. The smallest absolute Gasteiger partial charge is 0.175 e. The molecule has 0 fully saturated rings. The highest BCUT2D eigenvalue weighted by Crippen LogP contribution is 2.55. The van der Waals surface area contributed by atoms with Crippen LogP contribution in [0, 0.1) is 13.8 Å². The molecule has 0 aliphatic carbocycles. The van der Waals surface area contributed by atoms with Crippen LogP contribution in [0.25, 0.3) is 0 Å². The lowest BCUT2D eigenvalue weighted by atomic mass is 10.1. The summed E-state index contributed by atoms with van der Waals surface area (Å²) >= 11 is 0. The molecular formula is C38H31N2OP. The number of hydrogen-bond donors (Lipinski definition) is 0. The molecule has 1 unspecified atom stereocenters. The number of benzene rings is 6. The SMILES string of the molecule is Cc1ccc(N2c3ccc(C)cc3P(=O)(c3ccccc3)c3cc(N(c4ccccc4)c4ccccc4)ccc32)cc1. The van der Waals surface area contributed by atoms with Gasteiger partial charge in [-0.05, 0) is 80.6 Å². The number of hydrogen-bond acceptors (Lipinski definition) is 3. The summed E-state index contributed by atoms with van der Waals surface area (Å²) in [6.45, 7) is 4.17. The molecule has 42 heavy (non-hydrogen) atoms.